The summed E-state index contributed by atoms with van der Waals surface area (Å²) in [5, 5.41) is 11.5. The number of rotatable bonds is 3. The number of aryl methyl sites for hydroxylation is 1. The summed E-state index contributed by atoms with van der Waals surface area (Å²) in [6, 6.07) is 9.99. The number of para-hydroxylation sites is 1. The van der Waals surface area contributed by atoms with Crippen molar-refractivity contribution >= 4 is 28.6 Å². The van der Waals surface area contributed by atoms with Gasteiger partial charge in [0.1, 0.15) is 0 Å². The van der Waals surface area contributed by atoms with Gasteiger partial charge in [-0.15, -0.1) is 0 Å². The third kappa shape index (κ3) is 2.37. The van der Waals surface area contributed by atoms with Crippen molar-refractivity contribution < 1.29 is 9.90 Å². The van der Waals surface area contributed by atoms with Crippen molar-refractivity contribution in [1.29, 1.82) is 0 Å². The molecule has 2 aromatic heterocycles. The predicted octanol–water partition coefficient (Wildman–Crippen LogP) is 3.12. The summed E-state index contributed by atoms with van der Waals surface area (Å²) in [5.74, 6) is -1.01. The van der Waals surface area contributed by atoms with E-state index in [9.17, 15) is 4.79 Å². The molecule has 0 aliphatic carbocycles. The highest BCUT2D eigenvalue weighted by Gasteiger charge is 2.11. The lowest BCUT2D eigenvalue weighted by Crippen LogP contribution is -2.03. The van der Waals surface area contributed by atoms with E-state index in [1.807, 2.05) is 30.3 Å². The standard InChI is InChI=1S/C14H11N3O2S/c1-8-10(13(18)19)7-15-14(16-8)20-12-6-9-4-2-3-5-11(9)17-12/h2-7,17H,1H3,(H,18,19). The lowest BCUT2D eigenvalue weighted by Gasteiger charge is -2.01. The zero-order valence-corrected chi connectivity index (χ0v) is 11.4. The molecule has 0 radical (unpaired) electrons. The zero-order valence-electron chi connectivity index (χ0n) is 10.6. The molecular weight excluding hydrogens is 274 g/mol. The first kappa shape index (κ1) is 12.7. The monoisotopic (exact) mass is 285 g/mol. The van der Waals surface area contributed by atoms with Gasteiger partial charge < -0.3 is 10.1 Å². The van der Waals surface area contributed by atoms with Gasteiger partial charge in [0, 0.05) is 17.1 Å². The molecular formula is C14H11N3O2S. The summed E-state index contributed by atoms with van der Waals surface area (Å²) >= 11 is 1.38. The van der Waals surface area contributed by atoms with Crippen LogP contribution in [0.15, 0.2) is 46.7 Å². The minimum absolute atomic E-state index is 0.131. The Balaban J connectivity index is 1.90. The number of hydrogen-bond donors (Lipinski definition) is 2. The van der Waals surface area contributed by atoms with Gasteiger partial charge in [-0.05, 0) is 30.8 Å². The Labute approximate surface area is 119 Å². The summed E-state index contributed by atoms with van der Waals surface area (Å²) in [5.41, 5.74) is 1.64. The third-order valence-electron chi connectivity index (χ3n) is 2.89. The van der Waals surface area contributed by atoms with Crippen molar-refractivity contribution in [3.8, 4) is 0 Å². The van der Waals surface area contributed by atoms with Gasteiger partial charge in [-0.25, -0.2) is 14.8 Å². The van der Waals surface area contributed by atoms with E-state index in [0.29, 0.717) is 10.9 Å². The van der Waals surface area contributed by atoms with Crippen molar-refractivity contribution in [2.75, 3.05) is 0 Å². The second kappa shape index (κ2) is 4.97. The second-order valence-electron chi connectivity index (χ2n) is 4.28. The molecule has 20 heavy (non-hydrogen) atoms. The number of carboxylic acids is 1. The molecule has 0 atom stereocenters. The molecule has 0 unspecified atom stereocenters. The maximum atomic E-state index is 10.9. The van der Waals surface area contributed by atoms with Gasteiger partial charge >= 0.3 is 5.97 Å². The number of H-pyrrole nitrogens is 1. The average Bonchev–Trinajstić information content (AvgIpc) is 2.80. The van der Waals surface area contributed by atoms with Crippen LogP contribution in [-0.4, -0.2) is 26.0 Å². The third-order valence-corrected chi connectivity index (χ3v) is 3.71. The molecule has 3 rings (SSSR count). The fourth-order valence-electron chi connectivity index (χ4n) is 1.90. The summed E-state index contributed by atoms with van der Waals surface area (Å²) in [7, 11) is 0. The predicted molar refractivity (Wildman–Crippen MR) is 76.2 cm³/mol. The topological polar surface area (TPSA) is 78.9 Å². The van der Waals surface area contributed by atoms with E-state index >= 15 is 0 Å². The van der Waals surface area contributed by atoms with Gasteiger partial charge in [0.15, 0.2) is 5.16 Å². The molecule has 5 nitrogen and oxygen atoms in total. The Morgan fingerprint density at radius 1 is 1.35 bits per heavy atom. The molecule has 0 bridgehead atoms. The van der Waals surface area contributed by atoms with Crippen molar-refractivity contribution in [3.63, 3.8) is 0 Å². The number of aromatic nitrogens is 3. The van der Waals surface area contributed by atoms with Crippen LogP contribution in [0.25, 0.3) is 10.9 Å². The van der Waals surface area contributed by atoms with E-state index in [2.05, 4.69) is 15.0 Å². The molecule has 0 amide bonds. The van der Waals surface area contributed by atoms with Gasteiger partial charge in [-0.2, -0.15) is 0 Å². The van der Waals surface area contributed by atoms with Gasteiger partial charge in [0.25, 0.3) is 0 Å². The van der Waals surface area contributed by atoms with Crippen LogP contribution in [0, 0.1) is 6.92 Å². The number of hydrogen-bond acceptors (Lipinski definition) is 4. The van der Waals surface area contributed by atoms with Crippen LogP contribution in [0.5, 0.6) is 0 Å². The van der Waals surface area contributed by atoms with E-state index in [0.717, 1.165) is 15.9 Å². The molecule has 0 saturated carbocycles. The van der Waals surface area contributed by atoms with Crippen molar-refractivity contribution in [2.24, 2.45) is 0 Å². The highest BCUT2D eigenvalue weighted by Crippen LogP contribution is 2.27. The number of carboxylic acid groups (broad SMARTS) is 1. The van der Waals surface area contributed by atoms with E-state index in [-0.39, 0.29) is 5.56 Å². The molecule has 0 aliphatic heterocycles. The van der Waals surface area contributed by atoms with Crippen molar-refractivity contribution in [1.82, 2.24) is 15.0 Å². The highest BCUT2D eigenvalue weighted by atomic mass is 32.2. The van der Waals surface area contributed by atoms with Crippen LogP contribution in [-0.2, 0) is 0 Å². The van der Waals surface area contributed by atoms with E-state index in [1.54, 1.807) is 6.92 Å². The van der Waals surface area contributed by atoms with Gasteiger partial charge in [-0.3, -0.25) is 0 Å². The minimum atomic E-state index is -1.01. The minimum Gasteiger partial charge on any atom is -0.478 e. The molecule has 2 heterocycles. The lowest BCUT2D eigenvalue weighted by molar-refractivity contribution is 0.0695. The molecule has 2 N–H and O–H groups in total. The second-order valence-corrected chi connectivity index (χ2v) is 5.29. The number of benzene rings is 1. The Hall–Kier alpha value is -2.34. The van der Waals surface area contributed by atoms with Crippen molar-refractivity contribution in [2.45, 2.75) is 17.1 Å². The highest BCUT2D eigenvalue weighted by molar-refractivity contribution is 7.99. The maximum absolute atomic E-state index is 10.9. The average molecular weight is 285 g/mol. The Bertz CT molecular complexity index is 765. The van der Waals surface area contributed by atoms with E-state index in [1.165, 1.54) is 18.0 Å². The smallest absolute Gasteiger partial charge is 0.339 e. The fraction of sp³-hybridized carbons (Fsp3) is 0.0714. The van der Waals surface area contributed by atoms with E-state index in [4.69, 9.17) is 5.11 Å². The van der Waals surface area contributed by atoms with Gasteiger partial charge in [-0.1, -0.05) is 18.2 Å². The molecule has 0 aliphatic rings. The maximum Gasteiger partial charge on any atom is 0.339 e. The number of carbonyl (C=O) groups is 1. The van der Waals surface area contributed by atoms with Crippen LogP contribution in [0.4, 0.5) is 0 Å². The quantitative estimate of drug-likeness (QED) is 0.723. The molecule has 3 aromatic rings. The summed E-state index contributed by atoms with van der Waals surface area (Å²) in [4.78, 5) is 22.5. The van der Waals surface area contributed by atoms with Crippen LogP contribution in [0.1, 0.15) is 16.1 Å². The Morgan fingerprint density at radius 3 is 2.85 bits per heavy atom. The molecule has 100 valence electrons. The van der Waals surface area contributed by atoms with Crippen LogP contribution < -0.4 is 0 Å². The zero-order chi connectivity index (χ0) is 14.1. The van der Waals surface area contributed by atoms with E-state index < -0.39 is 5.97 Å². The van der Waals surface area contributed by atoms with Crippen molar-refractivity contribution in [3.05, 3.63) is 47.8 Å². The first-order chi connectivity index (χ1) is 9.63. The number of fused-ring (bicyclic) bond motifs is 1. The number of nitrogens with one attached hydrogen (secondary N) is 1. The normalized spacial score (nSPS) is 10.8. The summed E-state index contributed by atoms with van der Waals surface area (Å²) in [6.45, 7) is 1.67. The fourth-order valence-corrected chi connectivity index (χ4v) is 2.74. The Kier molecular flexibility index (Phi) is 3.15. The van der Waals surface area contributed by atoms with Gasteiger partial charge in [0.05, 0.1) is 16.3 Å². The molecule has 0 spiro atoms. The summed E-state index contributed by atoms with van der Waals surface area (Å²) in [6.07, 6.45) is 1.34. The molecule has 0 saturated heterocycles. The Morgan fingerprint density at radius 2 is 2.15 bits per heavy atom. The molecule has 1 aromatic carbocycles. The number of aromatic carboxylic acids is 1. The lowest BCUT2D eigenvalue weighted by atomic mass is 10.2. The molecule has 0 fully saturated rings. The SMILES string of the molecule is Cc1nc(Sc2cc3ccccc3[nH]2)ncc1C(=O)O. The first-order valence-electron chi connectivity index (χ1n) is 5.96. The van der Waals surface area contributed by atoms with Crippen LogP contribution in [0.3, 0.4) is 0 Å². The van der Waals surface area contributed by atoms with Crippen LogP contribution >= 0.6 is 11.8 Å². The number of aromatic amines is 1. The van der Waals surface area contributed by atoms with Gasteiger partial charge in [0.2, 0.25) is 0 Å². The number of nitrogens with zero attached hydrogens (tertiary/aromatic N) is 2. The van der Waals surface area contributed by atoms with Crippen LogP contribution in [0.2, 0.25) is 0 Å². The summed E-state index contributed by atoms with van der Waals surface area (Å²) < 4.78 is 0. The first-order valence-corrected chi connectivity index (χ1v) is 6.77. The molecule has 6 heteroatoms. The largest absolute Gasteiger partial charge is 0.478 e.